The molecule has 1 aromatic heterocycles. The van der Waals surface area contributed by atoms with E-state index < -0.39 is 11.9 Å². The molecule has 2 aromatic rings. The predicted octanol–water partition coefficient (Wildman–Crippen LogP) is 3.34. The summed E-state index contributed by atoms with van der Waals surface area (Å²) >= 11 is 5.80. The standard InChI is InChI=1S/C16H15ClFN3O2/c17-13-9-11(1-3-14(13)18)12-2-4-15(19-10-12)20-5-7-21(8-6-20)16(22)23/h1-4,9-10H,5-8H2,(H,22,23). The van der Waals surface area contributed by atoms with Crippen molar-refractivity contribution in [2.75, 3.05) is 31.1 Å². The number of hydrogen-bond donors (Lipinski definition) is 1. The minimum absolute atomic E-state index is 0.0800. The zero-order valence-electron chi connectivity index (χ0n) is 12.2. The van der Waals surface area contributed by atoms with E-state index in [-0.39, 0.29) is 5.02 Å². The number of piperazine rings is 1. The van der Waals surface area contributed by atoms with E-state index in [9.17, 15) is 9.18 Å². The smallest absolute Gasteiger partial charge is 0.407 e. The van der Waals surface area contributed by atoms with Gasteiger partial charge in [0, 0.05) is 37.9 Å². The van der Waals surface area contributed by atoms with Crippen molar-refractivity contribution in [2.24, 2.45) is 0 Å². The Morgan fingerprint density at radius 1 is 1.13 bits per heavy atom. The molecular formula is C16H15ClFN3O2. The number of benzene rings is 1. The minimum Gasteiger partial charge on any atom is -0.465 e. The molecule has 1 aromatic carbocycles. The molecule has 0 atom stereocenters. The van der Waals surface area contributed by atoms with Crippen molar-refractivity contribution in [2.45, 2.75) is 0 Å². The fraction of sp³-hybridized carbons (Fsp3) is 0.250. The van der Waals surface area contributed by atoms with Crippen LogP contribution in [0.3, 0.4) is 0 Å². The van der Waals surface area contributed by atoms with Crippen molar-refractivity contribution in [3.63, 3.8) is 0 Å². The van der Waals surface area contributed by atoms with Gasteiger partial charge < -0.3 is 14.9 Å². The molecule has 0 bridgehead atoms. The molecule has 1 aliphatic rings. The number of anilines is 1. The summed E-state index contributed by atoms with van der Waals surface area (Å²) in [5.74, 6) is 0.350. The Hall–Kier alpha value is -2.34. The molecule has 5 nitrogen and oxygen atoms in total. The summed E-state index contributed by atoms with van der Waals surface area (Å²) in [6.07, 6.45) is 0.823. The molecular weight excluding hydrogens is 321 g/mol. The summed E-state index contributed by atoms with van der Waals surface area (Å²) in [5.41, 5.74) is 1.64. The largest absolute Gasteiger partial charge is 0.465 e. The molecule has 0 aliphatic carbocycles. The van der Waals surface area contributed by atoms with E-state index in [4.69, 9.17) is 16.7 Å². The van der Waals surface area contributed by atoms with E-state index in [0.29, 0.717) is 26.2 Å². The normalized spacial score (nSPS) is 14.9. The molecule has 23 heavy (non-hydrogen) atoms. The maximum atomic E-state index is 13.2. The van der Waals surface area contributed by atoms with Crippen molar-refractivity contribution in [1.82, 2.24) is 9.88 Å². The van der Waals surface area contributed by atoms with Crippen LogP contribution in [0, 0.1) is 5.82 Å². The third-order valence-electron chi connectivity index (χ3n) is 3.87. The van der Waals surface area contributed by atoms with E-state index in [1.54, 1.807) is 18.3 Å². The number of aromatic nitrogens is 1. The first-order valence-corrected chi connectivity index (χ1v) is 7.56. The number of pyridine rings is 1. The minimum atomic E-state index is -0.888. The quantitative estimate of drug-likeness (QED) is 0.914. The summed E-state index contributed by atoms with van der Waals surface area (Å²) in [6.45, 7) is 2.15. The van der Waals surface area contributed by atoms with Crippen LogP contribution in [0.15, 0.2) is 36.5 Å². The monoisotopic (exact) mass is 335 g/mol. The molecule has 7 heteroatoms. The van der Waals surface area contributed by atoms with Crippen LogP contribution in [0.25, 0.3) is 11.1 Å². The highest BCUT2D eigenvalue weighted by molar-refractivity contribution is 6.31. The molecule has 1 amide bonds. The van der Waals surface area contributed by atoms with Crippen LogP contribution >= 0.6 is 11.6 Å². The second-order valence-corrected chi connectivity index (χ2v) is 5.70. The van der Waals surface area contributed by atoms with Gasteiger partial charge in [-0.05, 0) is 29.8 Å². The molecule has 1 N–H and O–H groups in total. The van der Waals surface area contributed by atoms with Crippen LogP contribution in [0.4, 0.5) is 15.0 Å². The molecule has 0 radical (unpaired) electrons. The van der Waals surface area contributed by atoms with Crippen LogP contribution < -0.4 is 4.90 Å². The maximum absolute atomic E-state index is 13.2. The summed E-state index contributed by atoms with van der Waals surface area (Å²) in [5, 5.41) is 9.03. The number of rotatable bonds is 2. The third-order valence-corrected chi connectivity index (χ3v) is 4.16. The van der Waals surface area contributed by atoms with Crippen molar-refractivity contribution in [3.8, 4) is 11.1 Å². The van der Waals surface area contributed by atoms with Gasteiger partial charge in [-0.3, -0.25) is 0 Å². The lowest BCUT2D eigenvalue weighted by Gasteiger charge is -2.33. The lowest BCUT2D eigenvalue weighted by atomic mass is 10.1. The van der Waals surface area contributed by atoms with Crippen LogP contribution in [-0.4, -0.2) is 47.3 Å². The van der Waals surface area contributed by atoms with Gasteiger partial charge in [-0.1, -0.05) is 17.7 Å². The Balaban J connectivity index is 1.72. The number of nitrogens with zero attached hydrogens (tertiary/aromatic N) is 3. The van der Waals surface area contributed by atoms with Gasteiger partial charge in [-0.15, -0.1) is 0 Å². The first-order chi connectivity index (χ1) is 11.0. The molecule has 0 saturated carbocycles. The van der Waals surface area contributed by atoms with Crippen LogP contribution in [0.2, 0.25) is 5.02 Å². The predicted molar refractivity (Wildman–Crippen MR) is 86.5 cm³/mol. The second-order valence-electron chi connectivity index (χ2n) is 5.29. The average molecular weight is 336 g/mol. The maximum Gasteiger partial charge on any atom is 0.407 e. The highest BCUT2D eigenvalue weighted by atomic mass is 35.5. The summed E-state index contributed by atoms with van der Waals surface area (Å²) < 4.78 is 13.2. The molecule has 1 saturated heterocycles. The van der Waals surface area contributed by atoms with E-state index in [2.05, 4.69) is 4.98 Å². The van der Waals surface area contributed by atoms with Gasteiger partial charge in [-0.25, -0.2) is 14.2 Å². The van der Waals surface area contributed by atoms with Gasteiger partial charge in [0.2, 0.25) is 0 Å². The first-order valence-electron chi connectivity index (χ1n) is 7.19. The topological polar surface area (TPSA) is 56.7 Å². The Labute approximate surface area is 137 Å². The Kier molecular flexibility index (Phi) is 4.34. The van der Waals surface area contributed by atoms with E-state index in [1.807, 2.05) is 17.0 Å². The molecule has 1 aliphatic heterocycles. The van der Waals surface area contributed by atoms with Crippen molar-refractivity contribution in [3.05, 3.63) is 47.4 Å². The number of halogens is 2. The van der Waals surface area contributed by atoms with Gasteiger partial charge in [0.1, 0.15) is 11.6 Å². The molecule has 0 unspecified atom stereocenters. The highest BCUT2D eigenvalue weighted by Gasteiger charge is 2.21. The van der Waals surface area contributed by atoms with E-state index in [0.717, 1.165) is 16.9 Å². The van der Waals surface area contributed by atoms with Crippen molar-refractivity contribution < 1.29 is 14.3 Å². The second kappa shape index (κ2) is 6.42. The van der Waals surface area contributed by atoms with Crippen molar-refractivity contribution >= 4 is 23.5 Å². The molecule has 3 rings (SSSR count). The Morgan fingerprint density at radius 3 is 2.39 bits per heavy atom. The molecule has 0 spiro atoms. The SMILES string of the molecule is O=C(O)N1CCN(c2ccc(-c3ccc(F)c(Cl)c3)cn2)CC1. The van der Waals surface area contributed by atoms with Gasteiger partial charge in [0.05, 0.1) is 5.02 Å². The molecule has 2 heterocycles. The number of carboxylic acid groups (broad SMARTS) is 1. The molecule has 120 valence electrons. The lowest BCUT2D eigenvalue weighted by molar-refractivity contribution is 0.142. The summed E-state index contributed by atoms with van der Waals surface area (Å²) in [4.78, 5) is 18.8. The summed E-state index contributed by atoms with van der Waals surface area (Å²) in [6, 6.07) is 8.33. The Morgan fingerprint density at radius 2 is 1.83 bits per heavy atom. The van der Waals surface area contributed by atoms with Gasteiger partial charge in [0.25, 0.3) is 0 Å². The zero-order chi connectivity index (χ0) is 16.4. The number of hydrogen-bond acceptors (Lipinski definition) is 3. The number of amides is 1. The fourth-order valence-corrected chi connectivity index (χ4v) is 2.73. The van der Waals surface area contributed by atoms with Gasteiger partial charge in [-0.2, -0.15) is 0 Å². The van der Waals surface area contributed by atoms with Crippen LogP contribution in [0.1, 0.15) is 0 Å². The third kappa shape index (κ3) is 3.37. The van der Waals surface area contributed by atoms with Crippen LogP contribution in [0.5, 0.6) is 0 Å². The van der Waals surface area contributed by atoms with Gasteiger partial charge >= 0.3 is 6.09 Å². The fourth-order valence-electron chi connectivity index (χ4n) is 2.55. The van der Waals surface area contributed by atoms with Crippen LogP contribution in [-0.2, 0) is 0 Å². The highest BCUT2D eigenvalue weighted by Crippen LogP contribution is 2.25. The zero-order valence-corrected chi connectivity index (χ0v) is 13.0. The van der Waals surface area contributed by atoms with E-state index >= 15 is 0 Å². The lowest BCUT2D eigenvalue weighted by Crippen LogP contribution is -2.48. The summed E-state index contributed by atoms with van der Waals surface area (Å²) in [7, 11) is 0. The number of carbonyl (C=O) groups is 1. The van der Waals surface area contributed by atoms with Crippen molar-refractivity contribution in [1.29, 1.82) is 0 Å². The average Bonchev–Trinajstić information content (AvgIpc) is 2.57. The van der Waals surface area contributed by atoms with Gasteiger partial charge in [0.15, 0.2) is 0 Å². The molecule has 1 fully saturated rings. The first kappa shape index (κ1) is 15.6. The Bertz CT molecular complexity index is 716. The van der Waals surface area contributed by atoms with E-state index in [1.165, 1.54) is 11.0 Å².